The maximum Gasteiger partial charge on any atom is 0.433 e. The number of rotatable bonds is 3. The van der Waals surface area contributed by atoms with Crippen LogP contribution in [0.2, 0.25) is 0 Å². The van der Waals surface area contributed by atoms with Crippen LogP contribution in [0.4, 0.5) is 19.0 Å². The van der Waals surface area contributed by atoms with E-state index in [0.29, 0.717) is 0 Å². The lowest BCUT2D eigenvalue weighted by Crippen LogP contribution is -2.49. The molecule has 2 aromatic heterocycles. The maximum absolute atomic E-state index is 13.0. The van der Waals surface area contributed by atoms with E-state index < -0.39 is 21.9 Å². The van der Waals surface area contributed by atoms with Crippen molar-refractivity contribution in [1.82, 2.24) is 23.9 Å². The largest absolute Gasteiger partial charge is 0.433 e. The number of nitrogens with zero attached hydrogens (tertiary/aromatic N) is 6. The normalized spacial score (nSPS) is 17.6. The summed E-state index contributed by atoms with van der Waals surface area (Å²) in [5, 5.41) is 3.90. The molecule has 0 aliphatic carbocycles. The minimum Gasteiger partial charge on any atom is -0.354 e. The van der Waals surface area contributed by atoms with Gasteiger partial charge in [-0.05, 0) is 6.92 Å². The highest BCUT2D eigenvalue weighted by Gasteiger charge is 2.35. The Kier molecular flexibility index (Phi) is 4.11. The number of anilines is 1. The van der Waals surface area contributed by atoms with Crippen LogP contribution in [0.5, 0.6) is 0 Å². The maximum atomic E-state index is 13.0. The van der Waals surface area contributed by atoms with E-state index >= 15 is 0 Å². The molecule has 0 radical (unpaired) electrons. The molecule has 3 heterocycles. The van der Waals surface area contributed by atoms with E-state index in [2.05, 4.69) is 15.1 Å². The van der Waals surface area contributed by atoms with Crippen molar-refractivity contribution in [2.24, 2.45) is 0 Å². The molecule has 132 valence electrons. The fraction of sp³-hybridized carbons (Fsp3) is 0.583. The highest BCUT2D eigenvalue weighted by molar-refractivity contribution is 7.89. The third kappa shape index (κ3) is 3.02. The van der Waals surface area contributed by atoms with Crippen LogP contribution in [0.1, 0.15) is 12.6 Å². The van der Waals surface area contributed by atoms with Crippen molar-refractivity contribution in [2.75, 3.05) is 36.8 Å². The van der Waals surface area contributed by atoms with Gasteiger partial charge in [0.25, 0.3) is 5.78 Å². The average Bonchev–Trinajstić information content (AvgIpc) is 3.01. The molecule has 1 aliphatic rings. The fourth-order valence-corrected chi connectivity index (χ4v) is 3.63. The number of hydrogen-bond donors (Lipinski definition) is 0. The van der Waals surface area contributed by atoms with Crippen LogP contribution in [-0.2, 0) is 16.2 Å². The summed E-state index contributed by atoms with van der Waals surface area (Å²) in [7, 11) is -3.31. The van der Waals surface area contributed by atoms with Crippen molar-refractivity contribution in [3.8, 4) is 0 Å². The van der Waals surface area contributed by atoms with Crippen molar-refractivity contribution >= 4 is 21.6 Å². The fourth-order valence-electron chi connectivity index (χ4n) is 2.55. The SMILES string of the molecule is CCS(=O)(=O)N1CCN(c2cc(C(F)(F)F)nc3ncnn23)CC1. The molecule has 0 atom stereocenters. The van der Waals surface area contributed by atoms with Gasteiger partial charge in [0.1, 0.15) is 12.1 Å². The van der Waals surface area contributed by atoms with Gasteiger partial charge in [-0.1, -0.05) is 0 Å². The third-order valence-corrected chi connectivity index (χ3v) is 5.73. The number of hydrogen-bond acceptors (Lipinski definition) is 6. The van der Waals surface area contributed by atoms with Crippen molar-refractivity contribution < 1.29 is 21.6 Å². The van der Waals surface area contributed by atoms with Gasteiger partial charge in [0.05, 0.1) is 5.75 Å². The smallest absolute Gasteiger partial charge is 0.354 e. The molecule has 24 heavy (non-hydrogen) atoms. The van der Waals surface area contributed by atoms with E-state index in [4.69, 9.17) is 0 Å². The molecule has 0 bridgehead atoms. The molecule has 1 fully saturated rings. The average molecular weight is 364 g/mol. The number of sulfonamides is 1. The molecule has 0 unspecified atom stereocenters. The van der Waals surface area contributed by atoms with Crippen LogP contribution in [0.15, 0.2) is 12.4 Å². The lowest BCUT2D eigenvalue weighted by Gasteiger charge is -2.35. The molecule has 2 aromatic rings. The lowest BCUT2D eigenvalue weighted by atomic mass is 10.3. The van der Waals surface area contributed by atoms with E-state index in [1.807, 2.05) is 0 Å². The zero-order valence-electron chi connectivity index (χ0n) is 12.7. The Labute approximate surface area is 136 Å². The van der Waals surface area contributed by atoms with E-state index in [0.717, 1.165) is 12.4 Å². The summed E-state index contributed by atoms with van der Waals surface area (Å²) in [5.41, 5.74) is -1.05. The highest BCUT2D eigenvalue weighted by Crippen LogP contribution is 2.30. The molecule has 12 heteroatoms. The minimum absolute atomic E-state index is 0.00615. The van der Waals surface area contributed by atoms with Gasteiger partial charge in [0, 0.05) is 32.2 Å². The molecule has 0 amide bonds. The monoisotopic (exact) mass is 364 g/mol. The van der Waals surface area contributed by atoms with Crippen LogP contribution in [0, 0.1) is 0 Å². The summed E-state index contributed by atoms with van der Waals surface area (Å²) >= 11 is 0. The molecule has 0 N–H and O–H groups in total. The van der Waals surface area contributed by atoms with Gasteiger partial charge >= 0.3 is 6.18 Å². The number of alkyl halides is 3. The summed E-state index contributed by atoms with van der Waals surface area (Å²) in [5.74, 6) is 0.0372. The Hall–Kier alpha value is -1.95. The van der Waals surface area contributed by atoms with Crippen LogP contribution >= 0.6 is 0 Å². The van der Waals surface area contributed by atoms with Gasteiger partial charge in [0.15, 0.2) is 5.69 Å². The van der Waals surface area contributed by atoms with Gasteiger partial charge in [-0.15, -0.1) is 0 Å². The van der Waals surface area contributed by atoms with Gasteiger partial charge in [-0.3, -0.25) is 0 Å². The van der Waals surface area contributed by atoms with Gasteiger partial charge in [0.2, 0.25) is 10.0 Å². The van der Waals surface area contributed by atoms with Gasteiger partial charge in [-0.25, -0.2) is 13.4 Å². The van der Waals surface area contributed by atoms with Crippen LogP contribution in [-0.4, -0.2) is 64.2 Å². The van der Waals surface area contributed by atoms with E-state index in [-0.39, 0.29) is 43.5 Å². The summed E-state index contributed by atoms with van der Waals surface area (Å²) < 4.78 is 65.3. The molecule has 0 aromatic carbocycles. The first-order chi connectivity index (χ1) is 11.2. The van der Waals surface area contributed by atoms with Crippen LogP contribution < -0.4 is 4.90 Å². The summed E-state index contributed by atoms with van der Waals surface area (Å²) in [4.78, 5) is 8.84. The number of fused-ring (bicyclic) bond motifs is 1. The topological polar surface area (TPSA) is 83.7 Å². The predicted octanol–water partition coefficient (Wildman–Crippen LogP) is 0.615. The molecular weight excluding hydrogens is 349 g/mol. The van der Waals surface area contributed by atoms with Crippen molar-refractivity contribution in [3.05, 3.63) is 18.1 Å². The molecule has 8 nitrogen and oxygen atoms in total. The lowest BCUT2D eigenvalue weighted by molar-refractivity contribution is -0.141. The van der Waals surface area contributed by atoms with E-state index in [1.165, 1.54) is 8.82 Å². The first kappa shape index (κ1) is 16.9. The molecule has 0 spiro atoms. The molecule has 1 saturated heterocycles. The Morgan fingerprint density at radius 3 is 2.46 bits per heavy atom. The summed E-state index contributed by atoms with van der Waals surface area (Å²) in [6.07, 6.45) is -3.47. The predicted molar refractivity (Wildman–Crippen MR) is 79.0 cm³/mol. The number of aromatic nitrogens is 4. The highest BCUT2D eigenvalue weighted by atomic mass is 32.2. The molecule has 1 aliphatic heterocycles. The van der Waals surface area contributed by atoms with Gasteiger partial charge in [-0.2, -0.15) is 32.1 Å². The zero-order valence-corrected chi connectivity index (χ0v) is 13.5. The minimum atomic E-state index is -4.60. The van der Waals surface area contributed by atoms with Crippen molar-refractivity contribution in [1.29, 1.82) is 0 Å². The Morgan fingerprint density at radius 1 is 1.21 bits per heavy atom. The Balaban J connectivity index is 1.92. The Morgan fingerprint density at radius 2 is 1.88 bits per heavy atom. The summed E-state index contributed by atoms with van der Waals surface area (Å²) in [6.45, 7) is 2.48. The molecular formula is C12H15F3N6O2S. The Bertz CT molecular complexity index is 842. The summed E-state index contributed by atoms with van der Waals surface area (Å²) in [6, 6.07) is 0.908. The quantitative estimate of drug-likeness (QED) is 0.794. The number of halogens is 3. The first-order valence-electron chi connectivity index (χ1n) is 7.23. The van der Waals surface area contributed by atoms with Crippen LogP contribution in [0.3, 0.4) is 0 Å². The zero-order chi connectivity index (χ0) is 17.5. The second-order valence-corrected chi connectivity index (χ2v) is 7.51. The van der Waals surface area contributed by atoms with E-state index in [9.17, 15) is 21.6 Å². The van der Waals surface area contributed by atoms with Crippen molar-refractivity contribution in [2.45, 2.75) is 13.1 Å². The number of piperazine rings is 1. The second kappa shape index (κ2) is 5.84. The third-order valence-electron chi connectivity index (χ3n) is 3.84. The molecule has 0 saturated carbocycles. The van der Waals surface area contributed by atoms with E-state index in [1.54, 1.807) is 11.8 Å². The first-order valence-corrected chi connectivity index (χ1v) is 8.84. The van der Waals surface area contributed by atoms with Crippen LogP contribution in [0.25, 0.3) is 5.78 Å². The molecule has 3 rings (SSSR count). The second-order valence-electron chi connectivity index (χ2n) is 5.26. The van der Waals surface area contributed by atoms with Crippen molar-refractivity contribution in [3.63, 3.8) is 0 Å². The standard InChI is InChI=1S/C12H15F3N6O2S/c1-2-24(22,23)20-5-3-19(4-6-20)10-7-9(12(13,14)15)18-11-16-8-17-21(10)11/h7-8H,2-6H2,1H3. The van der Waals surface area contributed by atoms with Gasteiger partial charge < -0.3 is 4.90 Å².